The summed E-state index contributed by atoms with van der Waals surface area (Å²) in [5.74, 6) is 0.546. The maximum atomic E-state index is 12.0. The first-order chi connectivity index (χ1) is 14.5. The first-order valence-electron chi connectivity index (χ1n) is 9.72. The number of rotatable bonds is 8. The molecule has 0 unspecified atom stereocenters. The number of aryl methyl sites for hydroxylation is 1. The highest BCUT2D eigenvalue weighted by molar-refractivity contribution is 5.90. The van der Waals surface area contributed by atoms with E-state index in [-0.39, 0.29) is 18.9 Å². The van der Waals surface area contributed by atoms with Crippen molar-refractivity contribution in [3.05, 3.63) is 65.5 Å². The Morgan fingerprint density at radius 3 is 2.67 bits per heavy atom. The molecule has 30 heavy (non-hydrogen) atoms. The van der Waals surface area contributed by atoms with Crippen LogP contribution in [0.1, 0.15) is 30.4 Å². The van der Waals surface area contributed by atoms with Crippen molar-refractivity contribution in [1.82, 2.24) is 15.5 Å². The lowest BCUT2D eigenvalue weighted by atomic mass is 10.1. The molecule has 0 aliphatic carbocycles. The van der Waals surface area contributed by atoms with Crippen molar-refractivity contribution in [3.8, 4) is 11.5 Å². The van der Waals surface area contributed by atoms with Crippen LogP contribution in [-0.4, -0.2) is 35.3 Å². The van der Waals surface area contributed by atoms with E-state index in [2.05, 4.69) is 20.8 Å². The molecule has 0 saturated carbocycles. The number of esters is 1. The Balaban J connectivity index is 1.57. The van der Waals surface area contributed by atoms with Gasteiger partial charge >= 0.3 is 12.0 Å². The van der Waals surface area contributed by atoms with E-state index in [0.717, 1.165) is 5.56 Å². The summed E-state index contributed by atoms with van der Waals surface area (Å²) in [6, 6.07) is 14.8. The smallest absolute Gasteiger partial charge is 0.319 e. The zero-order valence-electron chi connectivity index (χ0n) is 17.0. The second-order valence-electron chi connectivity index (χ2n) is 6.68. The number of carbonyl (C=O) groups is 2. The molecule has 0 spiro atoms. The number of ether oxygens (including phenoxy) is 1. The molecular formula is C22H24N4O4. The highest BCUT2D eigenvalue weighted by atomic mass is 16.5. The second-order valence-corrected chi connectivity index (χ2v) is 6.68. The maximum absolute atomic E-state index is 12.0. The van der Waals surface area contributed by atoms with Crippen molar-refractivity contribution in [2.24, 2.45) is 0 Å². The van der Waals surface area contributed by atoms with Crippen LogP contribution in [0.4, 0.5) is 10.5 Å². The fraction of sp³-hybridized carbons (Fsp3) is 0.273. The van der Waals surface area contributed by atoms with E-state index in [1.54, 1.807) is 25.1 Å². The number of hydrogen-bond donors (Lipinski definition) is 2. The van der Waals surface area contributed by atoms with Crippen molar-refractivity contribution >= 4 is 17.7 Å². The number of anilines is 1. The molecule has 8 nitrogen and oxygen atoms in total. The van der Waals surface area contributed by atoms with E-state index in [0.29, 0.717) is 36.1 Å². The molecule has 2 amide bonds. The minimum Gasteiger partial charge on any atom is -0.466 e. The normalized spacial score (nSPS) is 10.5. The summed E-state index contributed by atoms with van der Waals surface area (Å²) in [4.78, 5) is 23.3. The van der Waals surface area contributed by atoms with Gasteiger partial charge in [-0.05, 0) is 37.6 Å². The lowest BCUT2D eigenvalue weighted by Gasteiger charge is -2.08. The van der Waals surface area contributed by atoms with E-state index in [1.165, 1.54) is 5.56 Å². The van der Waals surface area contributed by atoms with E-state index in [4.69, 9.17) is 9.15 Å². The Morgan fingerprint density at radius 2 is 1.90 bits per heavy atom. The van der Waals surface area contributed by atoms with Gasteiger partial charge in [0.1, 0.15) is 0 Å². The molecule has 156 valence electrons. The molecule has 3 aromatic rings. The molecular weight excluding hydrogens is 384 g/mol. The predicted octanol–water partition coefficient (Wildman–Crippen LogP) is 3.71. The fourth-order valence-corrected chi connectivity index (χ4v) is 2.74. The fourth-order valence-electron chi connectivity index (χ4n) is 2.74. The SMILES string of the molecule is CCOC(=O)CCNC(=O)Nc1cccc(-c2nnc(Cc3ccc(C)cc3)o2)c1. The minimum absolute atomic E-state index is 0.118. The third kappa shape index (κ3) is 6.16. The van der Waals surface area contributed by atoms with Crippen LogP contribution in [0.5, 0.6) is 0 Å². The number of carbonyl (C=O) groups excluding carboxylic acids is 2. The Morgan fingerprint density at radius 1 is 1.10 bits per heavy atom. The van der Waals surface area contributed by atoms with Crippen LogP contribution in [-0.2, 0) is 16.0 Å². The topological polar surface area (TPSA) is 106 Å². The lowest BCUT2D eigenvalue weighted by Crippen LogP contribution is -2.30. The average molecular weight is 408 g/mol. The van der Waals surface area contributed by atoms with Crippen molar-refractivity contribution in [2.45, 2.75) is 26.7 Å². The first-order valence-corrected chi connectivity index (χ1v) is 9.72. The molecule has 0 aliphatic rings. The summed E-state index contributed by atoms with van der Waals surface area (Å²) < 4.78 is 10.6. The summed E-state index contributed by atoms with van der Waals surface area (Å²) in [5, 5.41) is 13.6. The quantitative estimate of drug-likeness (QED) is 0.550. The van der Waals surface area contributed by atoms with Gasteiger partial charge in [-0.3, -0.25) is 4.79 Å². The number of amides is 2. The molecule has 3 rings (SSSR count). The van der Waals surface area contributed by atoms with Gasteiger partial charge in [-0.1, -0.05) is 35.9 Å². The third-order valence-electron chi connectivity index (χ3n) is 4.23. The number of hydrogen-bond acceptors (Lipinski definition) is 6. The van der Waals surface area contributed by atoms with Crippen molar-refractivity contribution < 1.29 is 18.7 Å². The number of nitrogens with zero attached hydrogens (tertiary/aromatic N) is 2. The van der Waals surface area contributed by atoms with E-state index < -0.39 is 6.03 Å². The Bertz CT molecular complexity index is 998. The van der Waals surface area contributed by atoms with Gasteiger partial charge in [0.05, 0.1) is 19.4 Å². The van der Waals surface area contributed by atoms with Gasteiger partial charge in [0.15, 0.2) is 0 Å². The monoisotopic (exact) mass is 408 g/mol. The van der Waals surface area contributed by atoms with Crippen molar-refractivity contribution in [2.75, 3.05) is 18.5 Å². The van der Waals surface area contributed by atoms with Crippen LogP contribution in [0.25, 0.3) is 11.5 Å². The molecule has 1 aromatic heterocycles. The van der Waals surface area contributed by atoms with Gasteiger partial charge in [-0.15, -0.1) is 10.2 Å². The summed E-state index contributed by atoms with van der Waals surface area (Å²) in [5.41, 5.74) is 3.55. The van der Waals surface area contributed by atoms with Crippen LogP contribution in [0.2, 0.25) is 0 Å². The van der Waals surface area contributed by atoms with Gasteiger partial charge in [-0.25, -0.2) is 4.79 Å². The highest BCUT2D eigenvalue weighted by Crippen LogP contribution is 2.22. The predicted molar refractivity (Wildman–Crippen MR) is 112 cm³/mol. The van der Waals surface area contributed by atoms with E-state index in [1.807, 2.05) is 37.3 Å². The number of urea groups is 1. The number of benzene rings is 2. The minimum atomic E-state index is -0.415. The van der Waals surface area contributed by atoms with Gasteiger partial charge in [0.2, 0.25) is 11.8 Å². The summed E-state index contributed by atoms with van der Waals surface area (Å²) in [6.45, 7) is 4.28. The third-order valence-corrected chi connectivity index (χ3v) is 4.23. The maximum Gasteiger partial charge on any atom is 0.319 e. The average Bonchev–Trinajstić information content (AvgIpc) is 3.19. The van der Waals surface area contributed by atoms with Crippen molar-refractivity contribution in [1.29, 1.82) is 0 Å². The van der Waals surface area contributed by atoms with Gasteiger partial charge in [-0.2, -0.15) is 0 Å². The summed E-state index contributed by atoms with van der Waals surface area (Å²) >= 11 is 0. The standard InChI is InChI=1S/C22H24N4O4/c1-3-29-20(27)11-12-23-22(28)24-18-6-4-5-17(14-18)21-26-25-19(30-21)13-16-9-7-15(2)8-10-16/h4-10,14H,3,11-13H2,1-2H3,(H2,23,24,28). The Labute approximate surface area is 174 Å². The van der Waals surface area contributed by atoms with Crippen LogP contribution in [0.15, 0.2) is 52.9 Å². The second kappa shape index (κ2) is 10.2. The molecule has 0 fully saturated rings. The molecule has 0 atom stereocenters. The van der Waals surface area contributed by atoms with Crippen LogP contribution in [0.3, 0.4) is 0 Å². The molecule has 0 saturated heterocycles. The van der Waals surface area contributed by atoms with Crippen LogP contribution >= 0.6 is 0 Å². The first kappa shape index (κ1) is 21.0. The Hall–Kier alpha value is -3.68. The molecule has 8 heteroatoms. The summed E-state index contributed by atoms with van der Waals surface area (Å²) in [6.07, 6.45) is 0.668. The van der Waals surface area contributed by atoms with Gasteiger partial charge in [0, 0.05) is 17.8 Å². The Kier molecular flexibility index (Phi) is 7.15. The molecule has 0 radical (unpaired) electrons. The molecule has 0 aliphatic heterocycles. The molecule has 2 aromatic carbocycles. The zero-order chi connectivity index (χ0) is 21.3. The summed E-state index contributed by atoms with van der Waals surface area (Å²) in [7, 11) is 0. The van der Waals surface area contributed by atoms with Crippen LogP contribution < -0.4 is 10.6 Å². The zero-order valence-corrected chi connectivity index (χ0v) is 17.0. The molecule has 1 heterocycles. The van der Waals surface area contributed by atoms with Gasteiger partial charge < -0.3 is 19.8 Å². The lowest BCUT2D eigenvalue weighted by molar-refractivity contribution is -0.142. The molecule has 0 bridgehead atoms. The van der Waals surface area contributed by atoms with Crippen molar-refractivity contribution in [3.63, 3.8) is 0 Å². The largest absolute Gasteiger partial charge is 0.466 e. The van der Waals surface area contributed by atoms with Crippen LogP contribution in [0, 0.1) is 6.92 Å². The number of nitrogens with one attached hydrogen (secondary N) is 2. The highest BCUT2D eigenvalue weighted by Gasteiger charge is 2.11. The van der Waals surface area contributed by atoms with E-state index in [9.17, 15) is 9.59 Å². The molecule has 2 N–H and O–H groups in total. The van der Waals surface area contributed by atoms with Gasteiger partial charge in [0.25, 0.3) is 0 Å². The van der Waals surface area contributed by atoms with E-state index >= 15 is 0 Å². The number of aromatic nitrogens is 2.